The number of carbonyl (C=O) groups is 2. The van der Waals surface area contributed by atoms with Crippen molar-refractivity contribution >= 4 is 40.7 Å². The number of carbonyl (C=O) groups excluding carboxylic acids is 2. The van der Waals surface area contributed by atoms with Gasteiger partial charge in [0.15, 0.2) is 6.04 Å². The number of nitrogens with two attached hydrogens (primary N) is 1. The van der Waals surface area contributed by atoms with E-state index >= 15 is 0 Å². The van der Waals surface area contributed by atoms with Crippen LogP contribution in [0.25, 0.3) is 0 Å². The predicted octanol–water partition coefficient (Wildman–Crippen LogP) is 2.79. The molecule has 2 N–H and O–H groups in total. The molecule has 1 atom stereocenters. The highest BCUT2D eigenvalue weighted by Gasteiger charge is 2.42. The normalized spacial score (nSPS) is 17.0. The summed E-state index contributed by atoms with van der Waals surface area (Å²) in [5.74, 6) is 0.298. The van der Waals surface area contributed by atoms with E-state index in [4.69, 9.17) is 27.9 Å². The molecule has 2 amide bonds. The third kappa shape index (κ3) is 4.01. The largest absolute Gasteiger partial charge is 0.494 e. The van der Waals surface area contributed by atoms with E-state index in [9.17, 15) is 9.59 Å². The number of anilines is 1. The maximum absolute atomic E-state index is 12.7. The molecule has 0 aromatic heterocycles. The Balaban J connectivity index is 1.67. The number of nitrogens with zero attached hydrogens (tertiary/aromatic N) is 1. The van der Waals surface area contributed by atoms with Crippen molar-refractivity contribution in [3.8, 4) is 5.75 Å². The number of benzene rings is 2. The molecule has 1 aliphatic heterocycles. The van der Waals surface area contributed by atoms with Gasteiger partial charge in [-0.1, -0.05) is 29.3 Å². The number of imide groups is 1. The molecule has 136 valence electrons. The van der Waals surface area contributed by atoms with E-state index in [0.717, 1.165) is 5.56 Å². The lowest BCUT2D eigenvalue weighted by atomic mass is 10.2. The first kappa shape index (κ1) is 18.7. The van der Waals surface area contributed by atoms with Crippen LogP contribution in [0.2, 0.25) is 10.0 Å². The smallest absolute Gasteiger partial charge is 0.292 e. The Morgan fingerprint density at radius 3 is 2.50 bits per heavy atom. The number of halogens is 2. The van der Waals surface area contributed by atoms with Crippen LogP contribution in [0.15, 0.2) is 42.5 Å². The average Bonchev–Trinajstić information content (AvgIpc) is 2.91. The Kier molecular flexibility index (Phi) is 5.81. The standard InChI is InChI=1S/C19H18Cl2N2O3/c1-2-26-14-6-4-13(5-7-14)23-18(24)10-17(19(23)25)22-11-12-3-8-15(20)16(21)9-12/h3-9,17,22H,2,10-11H2,1H3/p+1/t17-/m0/s1. The van der Waals surface area contributed by atoms with Crippen LogP contribution in [0.5, 0.6) is 5.75 Å². The van der Waals surface area contributed by atoms with Crippen LogP contribution in [0, 0.1) is 0 Å². The molecule has 1 heterocycles. The van der Waals surface area contributed by atoms with E-state index in [1.54, 1.807) is 36.4 Å². The molecule has 1 aliphatic rings. The molecule has 0 aliphatic carbocycles. The van der Waals surface area contributed by atoms with E-state index in [1.165, 1.54) is 4.90 Å². The third-order valence-electron chi connectivity index (χ3n) is 4.21. The Morgan fingerprint density at radius 2 is 1.85 bits per heavy atom. The van der Waals surface area contributed by atoms with E-state index in [0.29, 0.717) is 34.6 Å². The SMILES string of the molecule is CCOc1ccc(N2C(=O)C[C@H]([NH2+]Cc3ccc(Cl)c(Cl)c3)C2=O)cc1. The fourth-order valence-corrected chi connectivity index (χ4v) is 3.23. The molecular formula is C19H19Cl2N2O3+. The van der Waals surface area contributed by atoms with Gasteiger partial charge in [-0.2, -0.15) is 0 Å². The van der Waals surface area contributed by atoms with Gasteiger partial charge in [0.05, 0.1) is 28.8 Å². The van der Waals surface area contributed by atoms with E-state index < -0.39 is 6.04 Å². The van der Waals surface area contributed by atoms with Crippen LogP contribution in [0.1, 0.15) is 18.9 Å². The molecule has 2 aromatic carbocycles. The summed E-state index contributed by atoms with van der Waals surface area (Å²) in [5, 5.41) is 2.82. The van der Waals surface area contributed by atoms with Gasteiger partial charge in [0.1, 0.15) is 12.3 Å². The van der Waals surface area contributed by atoms with Crippen molar-refractivity contribution in [1.29, 1.82) is 0 Å². The summed E-state index contributed by atoms with van der Waals surface area (Å²) >= 11 is 11.9. The highest BCUT2D eigenvalue weighted by Crippen LogP contribution is 2.25. The number of ether oxygens (including phenoxy) is 1. The zero-order valence-electron chi connectivity index (χ0n) is 14.2. The second-order valence-electron chi connectivity index (χ2n) is 5.99. The van der Waals surface area contributed by atoms with Crippen molar-refractivity contribution < 1.29 is 19.6 Å². The van der Waals surface area contributed by atoms with Gasteiger partial charge in [-0.25, -0.2) is 4.90 Å². The Morgan fingerprint density at radius 1 is 1.12 bits per heavy atom. The van der Waals surface area contributed by atoms with Crippen LogP contribution in [-0.4, -0.2) is 24.5 Å². The molecule has 5 nitrogen and oxygen atoms in total. The first-order valence-electron chi connectivity index (χ1n) is 8.36. The van der Waals surface area contributed by atoms with Gasteiger partial charge in [-0.15, -0.1) is 0 Å². The fraction of sp³-hybridized carbons (Fsp3) is 0.263. The third-order valence-corrected chi connectivity index (χ3v) is 4.95. The lowest BCUT2D eigenvalue weighted by Gasteiger charge is -2.15. The van der Waals surface area contributed by atoms with Gasteiger partial charge in [-0.05, 0) is 43.3 Å². The molecule has 7 heteroatoms. The molecule has 0 bridgehead atoms. The maximum Gasteiger partial charge on any atom is 0.292 e. The van der Waals surface area contributed by atoms with E-state index in [2.05, 4.69) is 0 Å². The number of rotatable bonds is 6. The minimum Gasteiger partial charge on any atom is -0.494 e. The number of hydrogen-bond acceptors (Lipinski definition) is 3. The number of hydrogen-bond donors (Lipinski definition) is 1. The summed E-state index contributed by atoms with van der Waals surface area (Å²) < 4.78 is 5.39. The summed E-state index contributed by atoms with van der Waals surface area (Å²) in [6.45, 7) is 3.00. The second-order valence-corrected chi connectivity index (χ2v) is 6.81. The first-order valence-corrected chi connectivity index (χ1v) is 9.12. The average molecular weight is 394 g/mol. The Bertz CT molecular complexity index is 824. The van der Waals surface area contributed by atoms with Gasteiger partial charge in [0.25, 0.3) is 5.91 Å². The van der Waals surface area contributed by atoms with Crippen molar-refractivity contribution in [3.63, 3.8) is 0 Å². The van der Waals surface area contributed by atoms with Gasteiger partial charge >= 0.3 is 0 Å². The van der Waals surface area contributed by atoms with Gasteiger partial charge < -0.3 is 10.1 Å². The molecule has 0 saturated carbocycles. The molecule has 1 fully saturated rings. The monoisotopic (exact) mass is 393 g/mol. The van der Waals surface area contributed by atoms with E-state index in [-0.39, 0.29) is 18.2 Å². The topological polar surface area (TPSA) is 63.2 Å². The molecule has 2 aromatic rings. The molecule has 0 unspecified atom stereocenters. The second kappa shape index (κ2) is 8.08. The molecule has 0 spiro atoms. The predicted molar refractivity (Wildman–Crippen MR) is 101 cm³/mol. The summed E-state index contributed by atoms with van der Waals surface area (Å²) in [5.41, 5.74) is 1.51. The zero-order chi connectivity index (χ0) is 18.7. The Labute approximate surface area is 161 Å². The highest BCUT2D eigenvalue weighted by molar-refractivity contribution is 6.42. The van der Waals surface area contributed by atoms with Crippen molar-refractivity contribution in [2.45, 2.75) is 25.9 Å². The van der Waals surface area contributed by atoms with Gasteiger partial charge in [0.2, 0.25) is 5.91 Å². The van der Waals surface area contributed by atoms with Crippen LogP contribution in [0.4, 0.5) is 5.69 Å². The van der Waals surface area contributed by atoms with E-state index in [1.807, 2.05) is 18.3 Å². The summed E-state index contributed by atoms with van der Waals surface area (Å²) in [6.07, 6.45) is 0.174. The van der Waals surface area contributed by atoms with Crippen molar-refractivity contribution in [2.75, 3.05) is 11.5 Å². The summed E-state index contributed by atoms with van der Waals surface area (Å²) in [7, 11) is 0. The molecular weight excluding hydrogens is 375 g/mol. The summed E-state index contributed by atoms with van der Waals surface area (Å²) in [6, 6.07) is 11.9. The maximum atomic E-state index is 12.7. The lowest BCUT2D eigenvalue weighted by Crippen LogP contribution is -2.90. The van der Waals surface area contributed by atoms with Crippen LogP contribution >= 0.6 is 23.2 Å². The lowest BCUT2D eigenvalue weighted by molar-refractivity contribution is -0.690. The van der Waals surface area contributed by atoms with Gasteiger partial charge in [-0.3, -0.25) is 9.59 Å². The minimum atomic E-state index is -0.441. The first-order chi connectivity index (χ1) is 12.5. The Hall–Kier alpha value is -2.08. The zero-order valence-corrected chi connectivity index (χ0v) is 15.8. The molecule has 1 saturated heterocycles. The fourth-order valence-electron chi connectivity index (χ4n) is 2.91. The molecule has 3 rings (SSSR count). The highest BCUT2D eigenvalue weighted by atomic mass is 35.5. The van der Waals surface area contributed by atoms with Crippen LogP contribution in [0.3, 0.4) is 0 Å². The summed E-state index contributed by atoms with van der Waals surface area (Å²) in [4.78, 5) is 26.2. The minimum absolute atomic E-state index is 0.174. The van der Waals surface area contributed by atoms with Crippen molar-refractivity contribution in [3.05, 3.63) is 58.1 Å². The number of amides is 2. The quantitative estimate of drug-likeness (QED) is 0.767. The van der Waals surface area contributed by atoms with Crippen molar-refractivity contribution in [2.24, 2.45) is 0 Å². The van der Waals surface area contributed by atoms with Crippen LogP contribution in [-0.2, 0) is 16.1 Å². The molecule has 26 heavy (non-hydrogen) atoms. The van der Waals surface area contributed by atoms with Gasteiger partial charge in [0, 0.05) is 5.56 Å². The van der Waals surface area contributed by atoms with Crippen LogP contribution < -0.4 is 15.0 Å². The number of quaternary nitrogens is 1. The molecule has 0 radical (unpaired) electrons. The van der Waals surface area contributed by atoms with Crippen molar-refractivity contribution in [1.82, 2.24) is 0 Å².